The minimum atomic E-state index is 0.557. The molecule has 3 aromatic rings. The summed E-state index contributed by atoms with van der Waals surface area (Å²) >= 11 is 6.21. The first kappa shape index (κ1) is 17.6. The van der Waals surface area contributed by atoms with Crippen molar-refractivity contribution in [1.29, 1.82) is 0 Å². The third kappa shape index (κ3) is 4.14. The molecular formula is C21H22ClN5. The van der Waals surface area contributed by atoms with Crippen molar-refractivity contribution in [3.05, 3.63) is 71.4 Å². The van der Waals surface area contributed by atoms with E-state index in [0.29, 0.717) is 11.0 Å². The summed E-state index contributed by atoms with van der Waals surface area (Å²) in [6, 6.07) is 18.2. The van der Waals surface area contributed by atoms with E-state index in [-0.39, 0.29) is 0 Å². The van der Waals surface area contributed by atoms with E-state index in [9.17, 15) is 0 Å². The topological polar surface area (TPSA) is 44.3 Å². The quantitative estimate of drug-likeness (QED) is 0.722. The summed E-state index contributed by atoms with van der Waals surface area (Å²) in [5.41, 5.74) is 3.39. The molecule has 1 aromatic heterocycles. The number of para-hydroxylation sites is 1. The number of hydrogen-bond acceptors (Lipinski definition) is 5. The molecule has 0 unspecified atom stereocenters. The van der Waals surface area contributed by atoms with Crippen LogP contribution in [0.25, 0.3) is 0 Å². The molecule has 0 amide bonds. The van der Waals surface area contributed by atoms with E-state index >= 15 is 0 Å². The summed E-state index contributed by atoms with van der Waals surface area (Å²) in [7, 11) is 0. The smallest absolute Gasteiger partial charge is 0.229 e. The maximum absolute atomic E-state index is 6.21. The fraction of sp³-hybridized carbons (Fsp3) is 0.238. The molecule has 5 nitrogen and oxygen atoms in total. The van der Waals surface area contributed by atoms with Crippen molar-refractivity contribution >= 4 is 34.7 Å². The van der Waals surface area contributed by atoms with Crippen LogP contribution < -0.4 is 15.1 Å². The normalized spacial score (nSPS) is 14.3. The highest BCUT2D eigenvalue weighted by Crippen LogP contribution is 2.25. The average molecular weight is 380 g/mol. The lowest BCUT2D eigenvalue weighted by Crippen LogP contribution is -2.46. The molecule has 1 saturated heterocycles. The summed E-state index contributed by atoms with van der Waals surface area (Å²) in [6.45, 7) is 5.93. The zero-order valence-corrected chi connectivity index (χ0v) is 16.0. The SMILES string of the molecule is Cc1cccc(N2CCN(c3ccnc(Nc4ccccc4Cl)n3)CC2)c1. The fourth-order valence-electron chi connectivity index (χ4n) is 3.29. The summed E-state index contributed by atoms with van der Waals surface area (Å²) in [5.74, 6) is 1.49. The van der Waals surface area contributed by atoms with Gasteiger partial charge < -0.3 is 15.1 Å². The van der Waals surface area contributed by atoms with Gasteiger partial charge >= 0.3 is 0 Å². The zero-order valence-electron chi connectivity index (χ0n) is 15.3. The van der Waals surface area contributed by atoms with Crippen molar-refractivity contribution in [2.45, 2.75) is 6.92 Å². The Hall–Kier alpha value is -2.79. The van der Waals surface area contributed by atoms with Gasteiger partial charge in [-0.1, -0.05) is 35.9 Å². The number of nitrogens with one attached hydrogen (secondary N) is 1. The van der Waals surface area contributed by atoms with Crippen molar-refractivity contribution in [3.63, 3.8) is 0 Å². The van der Waals surface area contributed by atoms with Crippen LogP contribution in [0.15, 0.2) is 60.8 Å². The minimum absolute atomic E-state index is 0.557. The first-order valence-electron chi connectivity index (χ1n) is 9.10. The Morgan fingerprint density at radius 2 is 1.70 bits per heavy atom. The van der Waals surface area contributed by atoms with Crippen molar-refractivity contribution in [1.82, 2.24) is 9.97 Å². The first-order valence-corrected chi connectivity index (χ1v) is 9.48. The third-order valence-corrected chi connectivity index (χ3v) is 5.06. The van der Waals surface area contributed by atoms with Crippen LogP contribution in [0.5, 0.6) is 0 Å². The van der Waals surface area contributed by atoms with Gasteiger partial charge in [0.05, 0.1) is 10.7 Å². The Kier molecular flexibility index (Phi) is 5.12. The van der Waals surface area contributed by atoms with Gasteiger partial charge in [0.2, 0.25) is 5.95 Å². The Balaban J connectivity index is 1.43. The standard InChI is InChI=1S/C21H22ClN5/c1-16-5-4-6-17(15-16)26-11-13-27(14-12-26)20-9-10-23-21(25-20)24-19-8-3-2-7-18(19)22/h2-10,15H,11-14H2,1H3,(H,23,24,25). The molecule has 0 spiro atoms. The Labute approximate surface area is 164 Å². The lowest BCUT2D eigenvalue weighted by Gasteiger charge is -2.36. The lowest BCUT2D eigenvalue weighted by molar-refractivity contribution is 0.647. The molecule has 1 aliphatic heterocycles. The molecule has 27 heavy (non-hydrogen) atoms. The van der Waals surface area contributed by atoms with Gasteiger partial charge in [-0.05, 0) is 42.8 Å². The second kappa shape index (κ2) is 7.84. The molecule has 2 heterocycles. The molecular weight excluding hydrogens is 358 g/mol. The van der Waals surface area contributed by atoms with Gasteiger partial charge in [0.1, 0.15) is 5.82 Å². The highest BCUT2D eigenvalue weighted by Gasteiger charge is 2.19. The van der Waals surface area contributed by atoms with Crippen LogP contribution in [-0.2, 0) is 0 Å². The van der Waals surface area contributed by atoms with Crippen molar-refractivity contribution in [2.75, 3.05) is 41.3 Å². The molecule has 4 rings (SSSR count). The Morgan fingerprint density at radius 3 is 2.48 bits per heavy atom. The molecule has 0 saturated carbocycles. The van der Waals surface area contributed by atoms with Crippen LogP contribution in [0.3, 0.4) is 0 Å². The highest BCUT2D eigenvalue weighted by atomic mass is 35.5. The molecule has 1 fully saturated rings. The molecule has 138 valence electrons. The number of piperazine rings is 1. The summed E-state index contributed by atoms with van der Waals surface area (Å²) in [5, 5.41) is 3.85. The number of benzene rings is 2. The Bertz CT molecular complexity index is 922. The van der Waals surface area contributed by atoms with Crippen molar-refractivity contribution in [2.24, 2.45) is 0 Å². The van der Waals surface area contributed by atoms with Gasteiger partial charge in [-0.3, -0.25) is 0 Å². The summed E-state index contributed by atoms with van der Waals surface area (Å²) in [4.78, 5) is 13.7. The number of halogens is 1. The molecule has 6 heteroatoms. The largest absolute Gasteiger partial charge is 0.368 e. The van der Waals surface area contributed by atoms with Crippen LogP contribution in [0.2, 0.25) is 5.02 Å². The molecule has 2 aromatic carbocycles. The monoisotopic (exact) mass is 379 g/mol. The molecule has 0 bridgehead atoms. The molecule has 1 N–H and O–H groups in total. The maximum atomic E-state index is 6.21. The van der Waals surface area contributed by atoms with E-state index in [1.54, 1.807) is 6.20 Å². The number of rotatable bonds is 4. The molecule has 0 radical (unpaired) electrons. The van der Waals surface area contributed by atoms with E-state index < -0.39 is 0 Å². The number of aryl methyl sites for hydroxylation is 1. The Morgan fingerprint density at radius 1 is 0.926 bits per heavy atom. The predicted octanol–water partition coefficient (Wildman–Crippen LogP) is 4.51. The number of aromatic nitrogens is 2. The van der Waals surface area contributed by atoms with E-state index in [0.717, 1.165) is 37.7 Å². The maximum Gasteiger partial charge on any atom is 0.229 e. The van der Waals surface area contributed by atoms with E-state index in [1.165, 1.54) is 11.3 Å². The van der Waals surface area contributed by atoms with E-state index in [2.05, 4.69) is 56.3 Å². The van der Waals surface area contributed by atoms with Crippen LogP contribution >= 0.6 is 11.6 Å². The van der Waals surface area contributed by atoms with Gasteiger partial charge in [0.25, 0.3) is 0 Å². The van der Waals surface area contributed by atoms with Crippen LogP contribution in [-0.4, -0.2) is 36.1 Å². The van der Waals surface area contributed by atoms with Crippen LogP contribution in [0, 0.1) is 6.92 Å². The van der Waals surface area contributed by atoms with Gasteiger partial charge in [-0.15, -0.1) is 0 Å². The fourth-order valence-corrected chi connectivity index (χ4v) is 3.47. The highest BCUT2D eigenvalue weighted by molar-refractivity contribution is 6.33. The molecule has 1 aliphatic rings. The van der Waals surface area contributed by atoms with Gasteiger partial charge in [0.15, 0.2) is 0 Å². The minimum Gasteiger partial charge on any atom is -0.368 e. The third-order valence-electron chi connectivity index (χ3n) is 4.73. The van der Waals surface area contributed by atoms with Gasteiger partial charge in [-0.2, -0.15) is 4.98 Å². The van der Waals surface area contributed by atoms with E-state index in [1.807, 2.05) is 30.3 Å². The first-order chi connectivity index (χ1) is 13.2. The molecule has 0 aliphatic carbocycles. The van der Waals surface area contributed by atoms with Crippen molar-refractivity contribution < 1.29 is 0 Å². The number of nitrogens with zero attached hydrogens (tertiary/aromatic N) is 4. The molecule has 0 atom stereocenters. The van der Waals surface area contributed by atoms with Gasteiger partial charge in [-0.25, -0.2) is 4.98 Å². The second-order valence-electron chi connectivity index (χ2n) is 6.66. The van der Waals surface area contributed by atoms with E-state index in [4.69, 9.17) is 11.6 Å². The number of anilines is 4. The zero-order chi connectivity index (χ0) is 18.6. The average Bonchev–Trinajstić information content (AvgIpc) is 2.70. The van der Waals surface area contributed by atoms with Gasteiger partial charge in [0, 0.05) is 38.1 Å². The second-order valence-corrected chi connectivity index (χ2v) is 7.06. The summed E-state index contributed by atoms with van der Waals surface area (Å²) < 4.78 is 0. The number of hydrogen-bond donors (Lipinski definition) is 1. The van der Waals surface area contributed by atoms with Crippen LogP contribution in [0.1, 0.15) is 5.56 Å². The predicted molar refractivity (Wildman–Crippen MR) is 112 cm³/mol. The van der Waals surface area contributed by atoms with Crippen molar-refractivity contribution in [3.8, 4) is 0 Å². The van der Waals surface area contributed by atoms with Crippen LogP contribution in [0.4, 0.5) is 23.1 Å². The lowest BCUT2D eigenvalue weighted by atomic mass is 10.2. The summed E-state index contributed by atoms with van der Waals surface area (Å²) in [6.07, 6.45) is 1.79.